The topological polar surface area (TPSA) is 3.24 Å². The van der Waals surface area contributed by atoms with Crippen LogP contribution in [-0.4, -0.2) is 0 Å². The van der Waals surface area contributed by atoms with Crippen molar-refractivity contribution in [2.75, 3.05) is 4.90 Å². The molecule has 1 aliphatic carbocycles. The van der Waals surface area contributed by atoms with Gasteiger partial charge in [0.25, 0.3) is 0 Å². The maximum absolute atomic E-state index is 2.42. The fourth-order valence-corrected chi connectivity index (χ4v) is 10.3. The van der Waals surface area contributed by atoms with Gasteiger partial charge in [-0.15, -0.1) is 11.3 Å². The molecule has 0 saturated heterocycles. The lowest BCUT2D eigenvalue weighted by molar-refractivity contribution is 0.660. The molecule has 0 N–H and O–H groups in total. The Kier molecular flexibility index (Phi) is 7.77. The molecule has 1 nitrogen and oxygen atoms in total. The highest BCUT2D eigenvalue weighted by molar-refractivity contribution is 7.25. The van der Waals surface area contributed by atoms with E-state index in [1.807, 2.05) is 11.3 Å². The number of anilines is 3. The molecule has 270 valence electrons. The second-order valence-electron chi connectivity index (χ2n) is 15.7. The fraction of sp³-hybridized carbons (Fsp3) is 0.0545. The van der Waals surface area contributed by atoms with E-state index >= 15 is 0 Å². The highest BCUT2D eigenvalue weighted by Gasteiger charge is 2.35. The van der Waals surface area contributed by atoms with Crippen LogP contribution in [0.15, 0.2) is 200 Å². The molecule has 1 aliphatic rings. The van der Waals surface area contributed by atoms with E-state index < -0.39 is 0 Å². The van der Waals surface area contributed by atoms with Crippen molar-refractivity contribution in [1.29, 1.82) is 0 Å². The molecule has 0 radical (unpaired) electrons. The summed E-state index contributed by atoms with van der Waals surface area (Å²) in [5, 5.41) is 5.19. The van der Waals surface area contributed by atoms with Crippen LogP contribution in [0.2, 0.25) is 0 Å². The largest absolute Gasteiger partial charge is 0.310 e. The molecule has 1 aromatic heterocycles. The van der Waals surface area contributed by atoms with Gasteiger partial charge in [0.05, 0.1) is 0 Å². The fourth-order valence-electron chi connectivity index (χ4n) is 9.13. The van der Waals surface area contributed by atoms with Crippen LogP contribution in [0.25, 0.3) is 75.5 Å². The van der Waals surface area contributed by atoms with Crippen LogP contribution in [-0.2, 0) is 5.41 Å². The highest BCUT2D eigenvalue weighted by atomic mass is 32.1. The maximum Gasteiger partial charge on any atom is 0.0465 e. The highest BCUT2D eigenvalue weighted by Crippen LogP contribution is 2.51. The van der Waals surface area contributed by atoms with Crippen molar-refractivity contribution in [3.63, 3.8) is 0 Å². The van der Waals surface area contributed by atoms with Crippen LogP contribution in [0.4, 0.5) is 17.1 Å². The third kappa shape index (κ3) is 5.59. The van der Waals surface area contributed by atoms with Crippen molar-refractivity contribution in [2.45, 2.75) is 19.3 Å². The SMILES string of the molecule is CC1(C)c2ccccc2-c2ccc(N(c3ccc(-c4cccc(-c5cccc6ccccc56)c4)cc3)c3ccc(-c4ccc5c(c4)sc4ccccc45)cc3)cc21. The molecule has 0 spiro atoms. The van der Waals surface area contributed by atoms with Crippen molar-refractivity contribution >= 4 is 59.3 Å². The van der Waals surface area contributed by atoms with Gasteiger partial charge in [0.1, 0.15) is 0 Å². The first-order chi connectivity index (χ1) is 28.0. The van der Waals surface area contributed by atoms with Crippen molar-refractivity contribution in [1.82, 2.24) is 0 Å². The first-order valence-corrected chi connectivity index (χ1v) is 20.6. The number of fused-ring (bicyclic) bond motifs is 7. The van der Waals surface area contributed by atoms with E-state index in [4.69, 9.17) is 0 Å². The van der Waals surface area contributed by atoms with Crippen molar-refractivity contribution in [3.8, 4) is 44.5 Å². The van der Waals surface area contributed by atoms with E-state index in [0.717, 1.165) is 17.1 Å². The smallest absolute Gasteiger partial charge is 0.0465 e. The normalized spacial score (nSPS) is 12.9. The van der Waals surface area contributed by atoms with Gasteiger partial charge in [-0.2, -0.15) is 0 Å². The average Bonchev–Trinajstić information content (AvgIpc) is 3.75. The van der Waals surface area contributed by atoms with Crippen LogP contribution in [0.5, 0.6) is 0 Å². The summed E-state index contributed by atoms with van der Waals surface area (Å²) in [6.45, 7) is 4.71. The molecule has 57 heavy (non-hydrogen) atoms. The summed E-state index contributed by atoms with van der Waals surface area (Å²) in [6, 6.07) is 73.9. The average molecular weight is 746 g/mol. The number of thiophene rings is 1. The minimum Gasteiger partial charge on any atom is -0.310 e. The molecule has 0 atom stereocenters. The molecular formula is C55H39NS. The van der Waals surface area contributed by atoms with Gasteiger partial charge in [-0.1, -0.05) is 159 Å². The quantitative estimate of drug-likeness (QED) is 0.164. The molecule has 2 heteroatoms. The van der Waals surface area contributed by atoms with Crippen molar-refractivity contribution in [3.05, 3.63) is 211 Å². The summed E-state index contributed by atoms with van der Waals surface area (Å²) in [4.78, 5) is 2.41. The number of benzene rings is 9. The molecule has 0 bridgehead atoms. The van der Waals surface area contributed by atoms with E-state index in [2.05, 4.69) is 219 Å². The lowest BCUT2D eigenvalue weighted by Gasteiger charge is -2.28. The molecule has 0 amide bonds. The zero-order valence-corrected chi connectivity index (χ0v) is 32.7. The van der Waals surface area contributed by atoms with Crippen molar-refractivity contribution < 1.29 is 0 Å². The first kappa shape index (κ1) is 33.6. The number of nitrogens with zero attached hydrogens (tertiary/aromatic N) is 1. The van der Waals surface area contributed by atoms with Crippen LogP contribution < -0.4 is 4.90 Å². The van der Waals surface area contributed by atoms with Gasteiger partial charge in [0.15, 0.2) is 0 Å². The summed E-state index contributed by atoms with van der Waals surface area (Å²) in [6.07, 6.45) is 0. The van der Waals surface area contributed by atoms with E-state index in [9.17, 15) is 0 Å². The summed E-state index contributed by atoms with van der Waals surface area (Å²) < 4.78 is 2.66. The molecular weight excluding hydrogens is 707 g/mol. The van der Waals surface area contributed by atoms with Gasteiger partial charge in [0.2, 0.25) is 0 Å². The number of rotatable bonds is 6. The molecule has 0 aliphatic heterocycles. The lowest BCUT2D eigenvalue weighted by Crippen LogP contribution is -2.16. The Hall–Kier alpha value is -6.74. The second-order valence-corrected chi connectivity index (χ2v) is 16.8. The third-order valence-electron chi connectivity index (χ3n) is 12.1. The summed E-state index contributed by atoms with van der Waals surface area (Å²) >= 11 is 1.87. The monoisotopic (exact) mass is 745 g/mol. The van der Waals surface area contributed by atoms with Crippen LogP contribution in [0, 0.1) is 0 Å². The number of hydrogen-bond donors (Lipinski definition) is 0. The molecule has 1 heterocycles. The zero-order chi connectivity index (χ0) is 38.1. The summed E-state index contributed by atoms with van der Waals surface area (Å²) in [5.74, 6) is 0. The first-order valence-electron chi connectivity index (χ1n) is 19.7. The van der Waals surface area contributed by atoms with Gasteiger partial charge < -0.3 is 4.90 Å². The van der Waals surface area contributed by atoms with Crippen LogP contribution in [0.3, 0.4) is 0 Å². The predicted molar refractivity (Wildman–Crippen MR) is 245 cm³/mol. The summed E-state index contributed by atoms with van der Waals surface area (Å²) in [7, 11) is 0. The van der Waals surface area contributed by atoms with E-state index in [0.29, 0.717) is 0 Å². The second kappa shape index (κ2) is 13.2. The lowest BCUT2D eigenvalue weighted by atomic mass is 9.82. The maximum atomic E-state index is 2.42. The van der Waals surface area contributed by atoms with E-state index in [-0.39, 0.29) is 5.41 Å². The summed E-state index contributed by atoms with van der Waals surface area (Å²) in [5.41, 5.74) is 16.0. The standard InChI is InChI=1S/C55H39NS/c1-55(2)51-19-7-5-16-47(51)48-32-30-44(35-52(48)55)56(43-28-23-37(24-29-43)40-25-31-50-49-17-6-8-20-53(49)57-54(50)34-40)42-26-21-36(22-27-42)39-13-9-14-41(33-39)46-18-10-12-38-11-3-4-15-45(38)46/h3-35H,1-2H3. The van der Waals surface area contributed by atoms with Gasteiger partial charge in [-0.25, -0.2) is 0 Å². The molecule has 10 aromatic rings. The minimum absolute atomic E-state index is 0.0956. The molecule has 11 rings (SSSR count). The minimum atomic E-state index is -0.0956. The van der Waals surface area contributed by atoms with Gasteiger partial charge in [0, 0.05) is 42.6 Å². The van der Waals surface area contributed by atoms with E-state index in [1.54, 1.807) is 0 Å². The third-order valence-corrected chi connectivity index (χ3v) is 13.2. The van der Waals surface area contributed by atoms with Gasteiger partial charge in [-0.05, 0) is 121 Å². The molecule has 9 aromatic carbocycles. The Morgan fingerprint density at radius 1 is 0.351 bits per heavy atom. The predicted octanol–water partition coefficient (Wildman–Crippen LogP) is 16.0. The van der Waals surface area contributed by atoms with Crippen LogP contribution >= 0.6 is 11.3 Å². The molecule has 0 saturated carbocycles. The Morgan fingerprint density at radius 3 is 1.72 bits per heavy atom. The molecule has 0 unspecified atom stereocenters. The van der Waals surface area contributed by atoms with Crippen LogP contribution in [0.1, 0.15) is 25.0 Å². The molecule has 0 fully saturated rings. The van der Waals surface area contributed by atoms with Gasteiger partial charge in [-0.3, -0.25) is 0 Å². The Bertz CT molecular complexity index is 3140. The Balaban J connectivity index is 0.985. The number of hydrogen-bond acceptors (Lipinski definition) is 2. The van der Waals surface area contributed by atoms with E-state index in [1.165, 1.54) is 86.6 Å². The van der Waals surface area contributed by atoms with Crippen molar-refractivity contribution in [2.24, 2.45) is 0 Å². The Morgan fingerprint density at radius 2 is 0.912 bits per heavy atom. The zero-order valence-electron chi connectivity index (χ0n) is 31.9. The van der Waals surface area contributed by atoms with Gasteiger partial charge >= 0.3 is 0 Å². The Labute approximate surface area is 337 Å².